The van der Waals surface area contributed by atoms with Crippen LogP contribution in [0.3, 0.4) is 0 Å². The van der Waals surface area contributed by atoms with Gasteiger partial charge in [-0.15, -0.1) is 0 Å². The number of amides is 1. The van der Waals surface area contributed by atoms with Crippen LogP contribution in [-0.4, -0.2) is 41.7 Å². The summed E-state index contributed by atoms with van der Waals surface area (Å²) in [6.45, 7) is 3.20. The molecule has 5 heteroatoms. The molecule has 0 atom stereocenters. The Balaban J connectivity index is 1.70. The zero-order chi connectivity index (χ0) is 15.1. The van der Waals surface area contributed by atoms with Crippen molar-refractivity contribution < 1.29 is 9.90 Å². The summed E-state index contributed by atoms with van der Waals surface area (Å²) < 4.78 is 0. The van der Waals surface area contributed by atoms with Crippen LogP contribution in [0.5, 0.6) is 0 Å². The second kappa shape index (κ2) is 8.12. The molecule has 0 radical (unpaired) electrons. The third-order valence-electron chi connectivity index (χ3n) is 3.95. The molecule has 1 saturated heterocycles. The van der Waals surface area contributed by atoms with Gasteiger partial charge in [-0.3, -0.25) is 4.79 Å². The first-order chi connectivity index (χ1) is 10.2. The molecular formula is C16H25N3O2. The fraction of sp³-hybridized carbons (Fsp3) is 0.562. The molecule has 0 aliphatic carbocycles. The summed E-state index contributed by atoms with van der Waals surface area (Å²) in [6, 6.07) is 7.62. The van der Waals surface area contributed by atoms with E-state index < -0.39 is 0 Å². The Bertz CT molecular complexity index is 457. The standard InChI is InChI=1S/C16H25N3O2/c17-12-13-4-1-2-5-15(13)18-16(21)6-3-9-19-10-7-14(20)8-11-19/h1-2,4-5,14,20H,3,6-12,17H2,(H,18,21). The molecular weight excluding hydrogens is 266 g/mol. The predicted molar refractivity (Wildman–Crippen MR) is 83.9 cm³/mol. The highest BCUT2D eigenvalue weighted by Gasteiger charge is 2.16. The molecule has 1 aliphatic heterocycles. The van der Waals surface area contributed by atoms with Crippen LogP contribution < -0.4 is 11.1 Å². The maximum atomic E-state index is 12.0. The van der Waals surface area contributed by atoms with Gasteiger partial charge in [0.1, 0.15) is 0 Å². The van der Waals surface area contributed by atoms with E-state index in [4.69, 9.17) is 5.73 Å². The van der Waals surface area contributed by atoms with Gasteiger partial charge in [0, 0.05) is 31.7 Å². The van der Waals surface area contributed by atoms with E-state index in [9.17, 15) is 9.90 Å². The lowest BCUT2D eigenvalue weighted by Crippen LogP contribution is -2.36. The number of aliphatic hydroxyl groups is 1. The Hall–Kier alpha value is -1.43. The van der Waals surface area contributed by atoms with Gasteiger partial charge in [0.05, 0.1) is 6.10 Å². The summed E-state index contributed by atoms with van der Waals surface area (Å²) in [5.74, 6) is 0.0351. The normalized spacial score (nSPS) is 16.9. The van der Waals surface area contributed by atoms with Gasteiger partial charge in [-0.05, 0) is 37.4 Å². The van der Waals surface area contributed by atoms with E-state index in [2.05, 4.69) is 10.2 Å². The lowest BCUT2D eigenvalue weighted by molar-refractivity contribution is -0.116. The number of carbonyl (C=O) groups is 1. The van der Waals surface area contributed by atoms with E-state index in [1.54, 1.807) is 0 Å². The van der Waals surface area contributed by atoms with Crippen LogP contribution in [-0.2, 0) is 11.3 Å². The Kier molecular flexibility index (Phi) is 6.17. The number of aliphatic hydroxyl groups excluding tert-OH is 1. The average Bonchev–Trinajstić information content (AvgIpc) is 2.50. The van der Waals surface area contributed by atoms with Crippen molar-refractivity contribution in [3.05, 3.63) is 29.8 Å². The number of rotatable bonds is 6. The number of hydrogen-bond donors (Lipinski definition) is 3. The van der Waals surface area contributed by atoms with Crippen molar-refractivity contribution in [3.8, 4) is 0 Å². The lowest BCUT2D eigenvalue weighted by Gasteiger charge is -2.29. The first-order valence-corrected chi connectivity index (χ1v) is 7.67. The average molecular weight is 291 g/mol. The summed E-state index contributed by atoms with van der Waals surface area (Å²) in [6.07, 6.45) is 2.90. The maximum absolute atomic E-state index is 12.0. The van der Waals surface area contributed by atoms with Gasteiger partial charge in [0.2, 0.25) is 5.91 Å². The van der Waals surface area contributed by atoms with Gasteiger partial charge in [-0.2, -0.15) is 0 Å². The van der Waals surface area contributed by atoms with Crippen molar-refractivity contribution in [2.75, 3.05) is 25.0 Å². The summed E-state index contributed by atoms with van der Waals surface area (Å²) >= 11 is 0. The highest BCUT2D eigenvalue weighted by Crippen LogP contribution is 2.15. The van der Waals surface area contributed by atoms with E-state index in [0.717, 1.165) is 50.1 Å². The zero-order valence-corrected chi connectivity index (χ0v) is 12.4. The number of nitrogens with one attached hydrogen (secondary N) is 1. The summed E-state index contributed by atoms with van der Waals surface area (Å²) in [4.78, 5) is 14.3. The third kappa shape index (κ3) is 5.12. The molecule has 116 valence electrons. The van der Waals surface area contributed by atoms with Crippen LogP contribution in [0.1, 0.15) is 31.2 Å². The summed E-state index contributed by atoms with van der Waals surface area (Å²) in [5.41, 5.74) is 7.42. The number of anilines is 1. The zero-order valence-electron chi connectivity index (χ0n) is 12.4. The first-order valence-electron chi connectivity index (χ1n) is 7.67. The van der Waals surface area contributed by atoms with Crippen molar-refractivity contribution in [2.24, 2.45) is 5.73 Å². The molecule has 0 bridgehead atoms. The van der Waals surface area contributed by atoms with E-state index in [0.29, 0.717) is 13.0 Å². The smallest absolute Gasteiger partial charge is 0.224 e. The summed E-state index contributed by atoms with van der Waals surface area (Å²) in [7, 11) is 0. The minimum atomic E-state index is -0.141. The van der Waals surface area contributed by atoms with Gasteiger partial charge in [-0.25, -0.2) is 0 Å². The van der Waals surface area contributed by atoms with Gasteiger partial charge in [-0.1, -0.05) is 18.2 Å². The number of nitrogens with zero attached hydrogens (tertiary/aromatic N) is 1. The van der Waals surface area contributed by atoms with E-state index >= 15 is 0 Å². The fourth-order valence-corrected chi connectivity index (χ4v) is 2.64. The van der Waals surface area contributed by atoms with Gasteiger partial charge < -0.3 is 21.1 Å². The molecule has 0 aromatic heterocycles. The number of benzene rings is 1. The van der Waals surface area contributed by atoms with Crippen molar-refractivity contribution in [1.29, 1.82) is 0 Å². The Labute approximate surface area is 126 Å². The van der Waals surface area contributed by atoms with E-state index in [1.807, 2.05) is 24.3 Å². The Morgan fingerprint density at radius 2 is 2.05 bits per heavy atom. The summed E-state index contributed by atoms with van der Waals surface area (Å²) in [5, 5.41) is 12.4. The number of likely N-dealkylation sites (tertiary alicyclic amines) is 1. The molecule has 21 heavy (non-hydrogen) atoms. The number of hydrogen-bond acceptors (Lipinski definition) is 4. The van der Waals surface area contributed by atoms with E-state index in [1.165, 1.54) is 0 Å². The molecule has 1 heterocycles. The molecule has 4 N–H and O–H groups in total. The Morgan fingerprint density at radius 1 is 1.33 bits per heavy atom. The van der Waals surface area contributed by atoms with Crippen molar-refractivity contribution >= 4 is 11.6 Å². The van der Waals surface area contributed by atoms with Crippen LogP contribution in [0.2, 0.25) is 0 Å². The molecule has 2 rings (SSSR count). The molecule has 1 aromatic carbocycles. The second-order valence-corrected chi connectivity index (χ2v) is 5.59. The molecule has 0 saturated carbocycles. The highest BCUT2D eigenvalue weighted by atomic mass is 16.3. The van der Waals surface area contributed by atoms with Crippen molar-refractivity contribution in [3.63, 3.8) is 0 Å². The van der Waals surface area contributed by atoms with Crippen LogP contribution in [0, 0.1) is 0 Å². The molecule has 1 aliphatic rings. The quantitative estimate of drug-likeness (QED) is 0.738. The highest BCUT2D eigenvalue weighted by molar-refractivity contribution is 5.91. The van der Waals surface area contributed by atoms with Gasteiger partial charge in [0.15, 0.2) is 0 Å². The molecule has 1 fully saturated rings. The monoisotopic (exact) mass is 291 g/mol. The van der Waals surface area contributed by atoms with E-state index in [-0.39, 0.29) is 12.0 Å². The van der Waals surface area contributed by atoms with Crippen LogP contribution >= 0.6 is 0 Å². The minimum absolute atomic E-state index is 0.0351. The number of nitrogens with two attached hydrogens (primary N) is 1. The first kappa shape index (κ1) is 15.9. The van der Waals surface area contributed by atoms with Crippen molar-refractivity contribution in [1.82, 2.24) is 4.90 Å². The van der Waals surface area contributed by atoms with Gasteiger partial charge >= 0.3 is 0 Å². The fourth-order valence-electron chi connectivity index (χ4n) is 2.64. The number of carbonyl (C=O) groups excluding carboxylic acids is 1. The molecule has 0 spiro atoms. The van der Waals surface area contributed by atoms with Crippen LogP contribution in [0.25, 0.3) is 0 Å². The third-order valence-corrected chi connectivity index (χ3v) is 3.95. The maximum Gasteiger partial charge on any atom is 0.224 e. The molecule has 1 amide bonds. The second-order valence-electron chi connectivity index (χ2n) is 5.59. The SMILES string of the molecule is NCc1ccccc1NC(=O)CCCN1CCC(O)CC1. The van der Waals surface area contributed by atoms with Crippen molar-refractivity contribution in [2.45, 2.75) is 38.3 Å². The van der Waals surface area contributed by atoms with Crippen LogP contribution in [0.15, 0.2) is 24.3 Å². The minimum Gasteiger partial charge on any atom is -0.393 e. The van der Waals surface area contributed by atoms with Crippen LogP contribution in [0.4, 0.5) is 5.69 Å². The van der Waals surface area contributed by atoms with Gasteiger partial charge in [0.25, 0.3) is 0 Å². The number of para-hydroxylation sites is 1. The molecule has 1 aromatic rings. The predicted octanol–water partition coefficient (Wildman–Crippen LogP) is 1.32. The topological polar surface area (TPSA) is 78.6 Å². The largest absolute Gasteiger partial charge is 0.393 e. The molecule has 0 unspecified atom stereocenters. The molecule has 5 nitrogen and oxygen atoms in total. The number of piperidine rings is 1. The Morgan fingerprint density at radius 3 is 2.76 bits per heavy atom. The lowest BCUT2D eigenvalue weighted by atomic mass is 10.1.